The monoisotopic (exact) mass is 218 g/mol. The third-order valence-electron chi connectivity index (χ3n) is 2.59. The molecule has 0 aliphatic carbocycles. The normalized spacial score (nSPS) is 12.9. The largest absolute Gasteiger partial charge is 0.480 e. The number of hydrogen-bond donors (Lipinski definition) is 3. The minimum absolute atomic E-state index is 0.357. The number of nitrogens with one attached hydrogen (secondary N) is 1. The highest BCUT2D eigenvalue weighted by Gasteiger charge is 2.12. The number of aryl methyl sites for hydroxylation is 1. The molecular weight excluding hydrogens is 204 g/mol. The van der Waals surface area contributed by atoms with Crippen molar-refractivity contribution in [2.24, 2.45) is 5.73 Å². The fourth-order valence-electron chi connectivity index (χ4n) is 1.80. The lowest BCUT2D eigenvalue weighted by Crippen LogP contribution is -2.32. The van der Waals surface area contributed by atoms with Crippen molar-refractivity contribution in [2.75, 3.05) is 0 Å². The standard InChI is InChI=1S/C12H14N2O2/c1-7-4-9-5-8(2-3-11(9)14-7)6-10(13)12(15)16/h2-5,10,14H,6,13H2,1H3,(H,15,16). The number of aliphatic carboxylic acids is 1. The maximum absolute atomic E-state index is 10.6. The molecule has 1 atom stereocenters. The maximum Gasteiger partial charge on any atom is 0.320 e. The van der Waals surface area contributed by atoms with Crippen LogP contribution in [0.25, 0.3) is 10.9 Å². The van der Waals surface area contributed by atoms with Crippen LogP contribution in [0.3, 0.4) is 0 Å². The summed E-state index contributed by atoms with van der Waals surface area (Å²) in [6.45, 7) is 1.99. The second-order valence-electron chi connectivity index (χ2n) is 4.02. The number of nitrogens with two attached hydrogens (primary N) is 1. The van der Waals surface area contributed by atoms with Crippen molar-refractivity contribution in [3.63, 3.8) is 0 Å². The molecule has 0 bridgehead atoms. The van der Waals surface area contributed by atoms with Crippen LogP contribution < -0.4 is 5.73 Å². The highest BCUT2D eigenvalue weighted by molar-refractivity contribution is 5.81. The lowest BCUT2D eigenvalue weighted by atomic mass is 10.1. The van der Waals surface area contributed by atoms with Crippen LogP contribution in [0.15, 0.2) is 24.3 Å². The van der Waals surface area contributed by atoms with Gasteiger partial charge in [-0.2, -0.15) is 0 Å². The number of rotatable bonds is 3. The van der Waals surface area contributed by atoms with Crippen molar-refractivity contribution in [2.45, 2.75) is 19.4 Å². The number of carbonyl (C=O) groups is 1. The van der Waals surface area contributed by atoms with E-state index in [9.17, 15) is 4.79 Å². The summed E-state index contributed by atoms with van der Waals surface area (Å²) in [7, 11) is 0. The zero-order chi connectivity index (χ0) is 11.7. The molecule has 0 spiro atoms. The van der Waals surface area contributed by atoms with Gasteiger partial charge in [0.1, 0.15) is 6.04 Å². The molecule has 84 valence electrons. The molecule has 0 amide bonds. The molecule has 1 heterocycles. The third-order valence-corrected chi connectivity index (χ3v) is 2.59. The molecule has 4 nitrogen and oxygen atoms in total. The Morgan fingerprint density at radius 3 is 2.94 bits per heavy atom. The maximum atomic E-state index is 10.6. The van der Waals surface area contributed by atoms with E-state index in [4.69, 9.17) is 10.8 Å². The van der Waals surface area contributed by atoms with E-state index >= 15 is 0 Å². The summed E-state index contributed by atoms with van der Waals surface area (Å²) in [5, 5.41) is 9.82. The molecule has 1 aromatic heterocycles. The first-order valence-corrected chi connectivity index (χ1v) is 5.13. The molecule has 0 aliphatic heterocycles. The smallest absolute Gasteiger partial charge is 0.320 e. The molecule has 1 aromatic carbocycles. The molecule has 4 N–H and O–H groups in total. The first kappa shape index (κ1) is 10.7. The predicted molar refractivity (Wildman–Crippen MR) is 62.4 cm³/mol. The summed E-state index contributed by atoms with van der Waals surface area (Å²) < 4.78 is 0. The fourth-order valence-corrected chi connectivity index (χ4v) is 1.80. The quantitative estimate of drug-likeness (QED) is 0.729. The van der Waals surface area contributed by atoms with E-state index in [0.717, 1.165) is 22.2 Å². The van der Waals surface area contributed by atoms with Crippen molar-refractivity contribution in [1.29, 1.82) is 0 Å². The molecule has 0 radical (unpaired) electrons. The molecule has 1 unspecified atom stereocenters. The van der Waals surface area contributed by atoms with Crippen molar-refractivity contribution in [3.05, 3.63) is 35.5 Å². The van der Waals surface area contributed by atoms with E-state index < -0.39 is 12.0 Å². The van der Waals surface area contributed by atoms with Crippen LogP contribution in [0, 0.1) is 6.92 Å². The molecule has 0 fully saturated rings. The van der Waals surface area contributed by atoms with Crippen LogP contribution in [0.5, 0.6) is 0 Å². The first-order chi connectivity index (χ1) is 7.56. The minimum atomic E-state index is -0.967. The molecule has 0 aliphatic rings. The number of carboxylic acids is 1. The summed E-state index contributed by atoms with van der Waals surface area (Å²) in [5.41, 5.74) is 8.59. The van der Waals surface area contributed by atoms with E-state index in [2.05, 4.69) is 4.98 Å². The molecule has 2 aromatic rings. The zero-order valence-corrected chi connectivity index (χ0v) is 9.03. The molecule has 0 saturated carbocycles. The van der Waals surface area contributed by atoms with Gasteiger partial charge in [0.2, 0.25) is 0 Å². The van der Waals surface area contributed by atoms with Crippen molar-refractivity contribution >= 4 is 16.9 Å². The molecule has 16 heavy (non-hydrogen) atoms. The number of H-pyrrole nitrogens is 1. The van der Waals surface area contributed by atoms with Gasteiger partial charge in [-0.05, 0) is 42.5 Å². The number of benzene rings is 1. The van der Waals surface area contributed by atoms with Gasteiger partial charge in [0.05, 0.1) is 0 Å². The van der Waals surface area contributed by atoms with Crippen LogP contribution in [-0.4, -0.2) is 22.1 Å². The molecule has 2 rings (SSSR count). The summed E-state index contributed by atoms with van der Waals surface area (Å²) in [4.78, 5) is 13.9. The lowest BCUT2D eigenvalue weighted by Gasteiger charge is -2.06. The number of carboxylic acid groups (broad SMARTS) is 1. The number of hydrogen-bond acceptors (Lipinski definition) is 2. The van der Waals surface area contributed by atoms with E-state index in [-0.39, 0.29) is 0 Å². The summed E-state index contributed by atoms with van der Waals surface area (Å²) in [5.74, 6) is -0.967. The van der Waals surface area contributed by atoms with Crippen LogP contribution in [0.4, 0.5) is 0 Å². The Kier molecular flexibility index (Phi) is 2.66. The van der Waals surface area contributed by atoms with Gasteiger partial charge < -0.3 is 15.8 Å². The lowest BCUT2D eigenvalue weighted by molar-refractivity contribution is -0.138. The number of fused-ring (bicyclic) bond motifs is 1. The van der Waals surface area contributed by atoms with Gasteiger partial charge in [0.25, 0.3) is 0 Å². The topological polar surface area (TPSA) is 79.1 Å². The zero-order valence-electron chi connectivity index (χ0n) is 9.03. The van der Waals surface area contributed by atoms with Gasteiger partial charge in [-0.15, -0.1) is 0 Å². The van der Waals surface area contributed by atoms with Gasteiger partial charge in [-0.1, -0.05) is 6.07 Å². The summed E-state index contributed by atoms with van der Waals surface area (Å²) in [6.07, 6.45) is 0.357. The van der Waals surface area contributed by atoms with Gasteiger partial charge >= 0.3 is 5.97 Å². The van der Waals surface area contributed by atoms with Gasteiger partial charge in [0, 0.05) is 11.2 Å². The summed E-state index contributed by atoms with van der Waals surface area (Å²) in [6, 6.07) is 7.03. The highest BCUT2D eigenvalue weighted by atomic mass is 16.4. The Balaban J connectivity index is 2.28. The average Bonchev–Trinajstić information content (AvgIpc) is 2.57. The van der Waals surface area contributed by atoms with E-state index in [1.807, 2.05) is 31.2 Å². The Labute approximate surface area is 93.1 Å². The Morgan fingerprint density at radius 1 is 1.50 bits per heavy atom. The van der Waals surface area contributed by atoms with Gasteiger partial charge in [0.15, 0.2) is 0 Å². The van der Waals surface area contributed by atoms with Crippen LogP contribution in [0.1, 0.15) is 11.3 Å². The number of aromatic amines is 1. The van der Waals surface area contributed by atoms with Crippen LogP contribution in [0.2, 0.25) is 0 Å². The highest BCUT2D eigenvalue weighted by Crippen LogP contribution is 2.17. The predicted octanol–water partition coefficient (Wildman–Crippen LogP) is 1.43. The van der Waals surface area contributed by atoms with Crippen molar-refractivity contribution < 1.29 is 9.90 Å². The molecular formula is C12H14N2O2. The van der Waals surface area contributed by atoms with Crippen molar-refractivity contribution in [1.82, 2.24) is 4.98 Å². The van der Waals surface area contributed by atoms with Gasteiger partial charge in [-0.25, -0.2) is 0 Å². The second-order valence-corrected chi connectivity index (χ2v) is 4.02. The molecule has 4 heteroatoms. The molecule has 0 saturated heterocycles. The average molecular weight is 218 g/mol. The second kappa shape index (κ2) is 3.98. The minimum Gasteiger partial charge on any atom is -0.480 e. The van der Waals surface area contributed by atoms with Crippen molar-refractivity contribution in [3.8, 4) is 0 Å². The number of aromatic nitrogens is 1. The van der Waals surface area contributed by atoms with E-state index in [1.165, 1.54) is 0 Å². The van der Waals surface area contributed by atoms with Gasteiger partial charge in [-0.3, -0.25) is 4.79 Å². The van der Waals surface area contributed by atoms with Crippen LogP contribution >= 0.6 is 0 Å². The van der Waals surface area contributed by atoms with Crippen LogP contribution in [-0.2, 0) is 11.2 Å². The van der Waals surface area contributed by atoms with E-state index in [1.54, 1.807) is 0 Å². The Hall–Kier alpha value is -1.81. The Bertz CT molecular complexity index is 531. The van der Waals surface area contributed by atoms with E-state index in [0.29, 0.717) is 6.42 Å². The SMILES string of the molecule is Cc1cc2cc(CC(N)C(=O)O)ccc2[nH]1. The first-order valence-electron chi connectivity index (χ1n) is 5.13. The summed E-state index contributed by atoms with van der Waals surface area (Å²) >= 11 is 0. The Morgan fingerprint density at radius 2 is 2.25 bits per heavy atom. The third kappa shape index (κ3) is 2.06. The fraction of sp³-hybridized carbons (Fsp3) is 0.250.